The molecule has 3 heterocycles. The summed E-state index contributed by atoms with van der Waals surface area (Å²) in [7, 11) is -3.41. The molecule has 2 aromatic rings. The van der Waals surface area contributed by atoms with Crippen LogP contribution in [0.4, 0.5) is 0 Å². The maximum atomic E-state index is 12.6. The highest BCUT2D eigenvalue weighted by Crippen LogP contribution is 2.37. The van der Waals surface area contributed by atoms with E-state index in [2.05, 4.69) is 5.16 Å². The Bertz CT molecular complexity index is 661. The summed E-state index contributed by atoms with van der Waals surface area (Å²) in [4.78, 5) is 0. The molecule has 1 aliphatic rings. The van der Waals surface area contributed by atoms with Crippen molar-refractivity contribution in [3.05, 3.63) is 35.0 Å². The maximum absolute atomic E-state index is 12.6. The van der Waals surface area contributed by atoms with Gasteiger partial charge in [-0.1, -0.05) is 11.2 Å². The van der Waals surface area contributed by atoms with E-state index in [4.69, 9.17) is 4.52 Å². The van der Waals surface area contributed by atoms with Gasteiger partial charge in [-0.25, -0.2) is 8.42 Å². The molecule has 0 spiro atoms. The number of thiophene rings is 1. The fourth-order valence-corrected chi connectivity index (χ4v) is 5.18. The quantitative estimate of drug-likeness (QED) is 0.873. The van der Waals surface area contributed by atoms with E-state index in [1.54, 1.807) is 17.5 Å². The summed E-state index contributed by atoms with van der Waals surface area (Å²) in [6, 6.07) is 5.00. The van der Waals surface area contributed by atoms with Crippen molar-refractivity contribution in [3.8, 4) is 0 Å². The Kier molecular flexibility index (Phi) is 3.20. The van der Waals surface area contributed by atoms with Crippen molar-refractivity contribution in [2.24, 2.45) is 0 Å². The van der Waals surface area contributed by atoms with Gasteiger partial charge in [0.2, 0.25) is 0 Å². The SMILES string of the molecule is Cc1cc([C@@H]2CCCN2S(=O)(=O)c2cccs2)no1. The molecule has 0 aliphatic carbocycles. The largest absolute Gasteiger partial charge is 0.361 e. The van der Waals surface area contributed by atoms with Crippen LogP contribution in [0.15, 0.2) is 32.3 Å². The number of hydrogen-bond acceptors (Lipinski definition) is 5. The first-order valence-corrected chi connectivity index (χ1v) is 8.39. The lowest BCUT2D eigenvalue weighted by atomic mass is 10.1. The van der Waals surface area contributed by atoms with Crippen molar-refractivity contribution >= 4 is 21.4 Å². The van der Waals surface area contributed by atoms with Gasteiger partial charge in [0.1, 0.15) is 15.7 Å². The van der Waals surface area contributed by atoms with Gasteiger partial charge in [0.25, 0.3) is 10.0 Å². The molecular weight excluding hydrogens is 284 g/mol. The third kappa shape index (κ3) is 2.22. The van der Waals surface area contributed by atoms with Crippen LogP contribution in [0.25, 0.3) is 0 Å². The zero-order valence-corrected chi connectivity index (χ0v) is 12.1. The number of hydrogen-bond donors (Lipinski definition) is 0. The lowest BCUT2D eigenvalue weighted by Gasteiger charge is -2.21. The van der Waals surface area contributed by atoms with Crippen molar-refractivity contribution < 1.29 is 12.9 Å². The number of rotatable bonds is 3. The molecule has 3 rings (SSSR count). The second kappa shape index (κ2) is 4.73. The Morgan fingerprint density at radius 3 is 3.00 bits per heavy atom. The zero-order chi connectivity index (χ0) is 13.5. The second-order valence-electron chi connectivity index (χ2n) is 4.57. The molecule has 0 aromatic carbocycles. The summed E-state index contributed by atoms with van der Waals surface area (Å²) < 4.78 is 32.1. The molecule has 1 fully saturated rings. The van der Waals surface area contributed by atoms with Gasteiger partial charge >= 0.3 is 0 Å². The van der Waals surface area contributed by atoms with Crippen LogP contribution in [0.2, 0.25) is 0 Å². The first-order chi connectivity index (χ1) is 9.09. The summed E-state index contributed by atoms with van der Waals surface area (Å²) in [6.07, 6.45) is 1.64. The van der Waals surface area contributed by atoms with Crippen LogP contribution in [-0.2, 0) is 10.0 Å². The minimum absolute atomic E-state index is 0.204. The van der Waals surface area contributed by atoms with E-state index in [1.807, 2.05) is 13.0 Å². The molecule has 19 heavy (non-hydrogen) atoms. The predicted molar refractivity (Wildman–Crippen MR) is 71.4 cm³/mol. The zero-order valence-electron chi connectivity index (χ0n) is 10.4. The Balaban J connectivity index is 1.96. The Morgan fingerprint density at radius 2 is 2.37 bits per heavy atom. The van der Waals surface area contributed by atoms with Crippen molar-refractivity contribution in [1.29, 1.82) is 0 Å². The molecule has 0 saturated carbocycles. The number of aromatic nitrogens is 1. The van der Waals surface area contributed by atoms with Gasteiger partial charge in [0, 0.05) is 12.6 Å². The summed E-state index contributed by atoms with van der Waals surface area (Å²) in [5.74, 6) is 0.704. The third-order valence-corrected chi connectivity index (χ3v) is 6.53. The molecule has 0 amide bonds. The van der Waals surface area contributed by atoms with E-state index < -0.39 is 10.0 Å². The Hall–Kier alpha value is -1.18. The van der Waals surface area contributed by atoms with Crippen LogP contribution in [0, 0.1) is 6.92 Å². The fraction of sp³-hybridized carbons (Fsp3) is 0.417. The average Bonchev–Trinajstić information content (AvgIpc) is 3.10. The van der Waals surface area contributed by atoms with E-state index in [-0.39, 0.29) is 6.04 Å². The van der Waals surface area contributed by atoms with E-state index >= 15 is 0 Å². The van der Waals surface area contributed by atoms with Gasteiger partial charge in [0.05, 0.1) is 6.04 Å². The fourth-order valence-electron chi connectivity index (χ4n) is 2.39. The first kappa shape index (κ1) is 12.8. The van der Waals surface area contributed by atoms with Crippen LogP contribution in [0.1, 0.15) is 30.3 Å². The number of nitrogens with zero attached hydrogens (tertiary/aromatic N) is 2. The summed E-state index contributed by atoms with van der Waals surface area (Å²) >= 11 is 1.25. The molecular formula is C12H14N2O3S2. The second-order valence-corrected chi connectivity index (χ2v) is 7.63. The summed E-state index contributed by atoms with van der Waals surface area (Å²) in [6.45, 7) is 2.35. The lowest BCUT2D eigenvalue weighted by molar-refractivity contribution is 0.350. The van der Waals surface area contributed by atoms with Crippen LogP contribution in [0.5, 0.6) is 0 Å². The van der Waals surface area contributed by atoms with Gasteiger partial charge in [-0.3, -0.25) is 0 Å². The van der Waals surface area contributed by atoms with Crippen LogP contribution < -0.4 is 0 Å². The van der Waals surface area contributed by atoms with Crippen molar-refractivity contribution in [1.82, 2.24) is 9.46 Å². The van der Waals surface area contributed by atoms with E-state index in [9.17, 15) is 8.42 Å². The predicted octanol–water partition coefficient (Wildman–Crippen LogP) is 2.57. The van der Waals surface area contributed by atoms with E-state index in [0.29, 0.717) is 22.2 Å². The molecule has 1 aliphatic heterocycles. The third-order valence-electron chi connectivity index (χ3n) is 3.25. The highest BCUT2D eigenvalue weighted by Gasteiger charge is 2.38. The van der Waals surface area contributed by atoms with Gasteiger partial charge < -0.3 is 4.52 Å². The van der Waals surface area contributed by atoms with E-state index in [1.165, 1.54) is 15.6 Å². The molecule has 102 valence electrons. The Morgan fingerprint density at radius 1 is 1.53 bits per heavy atom. The van der Waals surface area contributed by atoms with Gasteiger partial charge in [-0.05, 0) is 31.2 Å². The lowest BCUT2D eigenvalue weighted by Crippen LogP contribution is -2.30. The van der Waals surface area contributed by atoms with Gasteiger partial charge in [-0.15, -0.1) is 11.3 Å². The maximum Gasteiger partial charge on any atom is 0.253 e. The summed E-state index contributed by atoms with van der Waals surface area (Å²) in [5.41, 5.74) is 0.704. The minimum atomic E-state index is -3.41. The molecule has 0 unspecified atom stereocenters. The van der Waals surface area contributed by atoms with Gasteiger partial charge in [-0.2, -0.15) is 4.31 Å². The summed E-state index contributed by atoms with van der Waals surface area (Å²) in [5, 5.41) is 5.74. The standard InChI is InChI=1S/C12H14N2O3S2/c1-9-8-10(13-17-9)11-4-2-6-14(11)19(15,16)12-5-3-7-18-12/h3,5,7-8,11H,2,4,6H2,1H3/t11-/m0/s1. The molecule has 1 saturated heterocycles. The average molecular weight is 298 g/mol. The smallest absolute Gasteiger partial charge is 0.253 e. The highest BCUT2D eigenvalue weighted by atomic mass is 32.2. The monoisotopic (exact) mass is 298 g/mol. The Labute approximate surface area is 115 Å². The molecule has 7 heteroatoms. The first-order valence-electron chi connectivity index (χ1n) is 6.07. The molecule has 0 bridgehead atoms. The van der Waals surface area contributed by atoms with Crippen LogP contribution in [-0.4, -0.2) is 24.4 Å². The normalized spacial score (nSPS) is 21.0. The van der Waals surface area contributed by atoms with E-state index in [0.717, 1.165) is 12.8 Å². The molecule has 5 nitrogen and oxygen atoms in total. The molecule has 0 radical (unpaired) electrons. The van der Waals surface area contributed by atoms with Crippen LogP contribution >= 0.6 is 11.3 Å². The van der Waals surface area contributed by atoms with Crippen molar-refractivity contribution in [2.45, 2.75) is 30.0 Å². The number of sulfonamides is 1. The molecule has 1 atom stereocenters. The molecule has 2 aromatic heterocycles. The minimum Gasteiger partial charge on any atom is -0.361 e. The van der Waals surface area contributed by atoms with Crippen LogP contribution in [0.3, 0.4) is 0 Å². The highest BCUT2D eigenvalue weighted by molar-refractivity contribution is 7.91. The van der Waals surface area contributed by atoms with Gasteiger partial charge in [0.15, 0.2) is 0 Å². The van der Waals surface area contributed by atoms with Crippen molar-refractivity contribution in [2.75, 3.05) is 6.54 Å². The van der Waals surface area contributed by atoms with Crippen molar-refractivity contribution in [3.63, 3.8) is 0 Å². The topological polar surface area (TPSA) is 63.4 Å². The molecule has 0 N–H and O–H groups in total. The number of aryl methyl sites for hydroxylation is 1.